The quantitative estimate of drug-likeness (QED) is 0.522. The largest absolute Gasteiger partial charge is 0.383 e. The van der Waals surface area contributed by atoms with Crippen LogP contribution >= 0.6 is 15.9 Å². The maximum atomic E-state index is 12.1. The van der Waals surface area contributed by atoms with Crippen molar-refractivity contribution in [2.45, 2.75) is 23.2 Å². The van der Waals surface area contributed by atoms with Gasteiger partial charge < -0.3 is 10.1 Å². The summed E-state index contributed by atoms with van der Waals surface area (Å²) in [5.41, 5.74) is 0.972. The molecule has 0 aliphatic heterocycles. The molecular formula is C13H19BrN2O4S. The fourth-order valence-corrected chi connectivity index (χ4v) is 3.12. The van der Waals surface area contributed by atoms with Crippen LogP contribution in [0.2, 0.25) is 0 Å². The molecule has 0 aliphatic carbocycles. The molecule has 0 aromatic heterocycles. The molecule has 0 saturated heterocycles. The lowest BCUT2D eigenvalue weighted by molar-refractivity contribution is -0.122. The summed E-state index contributed by atoms with van der Waals surface area (Å²) in [5.74, 6) is -0.396. The summed E-state index contributed by atoms with van der Waals surface area (Å²) in [6.45, 7) is 2.20. The van der Waals surface area contributed by atoms with Crippen LogP contribution in [0.25, 0.3) is 0 Å². The Kier molecular flexibility index (Phi) is 7.30. The molecule has 8 heteroatoms. The van der Waals surface area contributed by atoms with E-state index in [0.29, 0.717) is 18.5 Å². The van der Waals surface area contributed by atoms with Gasteiger partial charge in [-0.1, -0.05) is 28.1 Å². The van der Waals surface area contributed by atoms with E-state index in [1.807, 2.05) is 0 Å². The van der Waals surface area contributed by atoms with Crippen LogP contribution in [0.5, 0.6) is 0 Å². The fourth-order valence-electron chi connectivity index (χ4n) is 1.54. The number of ether oxygens (including phenoxy) is 1. The highest BCUT2D eigenvalue weighted by molar-refractivity contribution is 9.08. The average molecular weight is 379 g/mol. The monoisotopic (exact) mass is 378 g/mol. The third-order valence-corrected chi connectivity index (χ3v) is 4.92. The summed E-state index contributed by atoms with van der Waals surface area (Å²) >= 11 is 3.29. The number of sulfonamides is 1. The molecule has 0 spiro atoms. The van der Waals surface area contributed by atoms with E-state index in [-0.39, 0.29) is 4.90 Å². The topological polar surface area (TPSA) is 84.5 Å². The van der Waals surface area contributed by atoms with Crippen molar-refractivity contribution in [3.05, 3.63) is 29.8 Å². The zero-order valence-corrected chi connectivity index (χ0v) is 14.3. The van der Waals surface area contributed by atoms with E-state index >= 15 is 0 Å². The fraction of sp³-hybridized carbons (Fsp3) is 0.462. The molecule has 1 amide bonds. The Balaban J connectivity index is 2.68. The van der Waals surface area contributed by atoms with Crippen molar-refractivity contribution in [3.8, 4) is 0 Å². The second kappa shape index (κ2) is 8.47. The molecule has 0 aliphatic rings. The standard InChI is InChI=1S/C13H19BrN2O4S/c1-10(13(17)15-7-8-20-2)16-21(18,19)12-5-3-11(9-14)4-6-12/h3-6,10,16H,7-9H2,1-2H3,(H,15,17). The summed E-state index contributed by atoms with van der Waals surface area (Å²) in [7, 11) is -2.19. The first-order valence-corrected chi connectivity index (χ1v) is 8.95. The van der Waals surface area contributed by atoms with Gasteiger partial charge in [-0.3, -0.25) is 4.79 Å². The van der Waals surface area contributed by atoms with Gasteiger partial charge in [0.1, 0.15) is 0 Å². The summed E-state index contributed by atoms with van der Waals surface area (Å²) in [5, 5.41) is 3.23. The van der Waals surface area contributed by atoms with Crippen LogP contribution in [0.1, 0.15) is 12.5 Å². The van der Waals surface area contributed by atoms with Crippen molar-refractivity contribution in [3.63, 3.8) is 0 Å². The van der Waals surface area contributed by atoms with Gasteiger partial charge in [0.25, 0.3) is 0 Å². The summed E-state index contributed by atoms with van der Waals surface area (Å²) in [6.07, 6.45) is 0. The highest BCUT2D eigenvalue weighted by atomic mass is 79.9. The number of nitrogens with one attached hydrogen (secondary N) is 2. The number of methoxy groups -OCH3 is 1. The molecule has 0 fully saturated rings. The van der Waals surface area contributed by atoms with Gasteiger partial charge in [0.2, 0.25) is 15.9 Å². The second-order valence-corrected chi connectivity index (χ2v) is 6.68. The van der Waals surface area contributed by atoms with Gasteiger partial charge >= 0.3 is 0 Å². The molecular weight excluding hydrogens is 360 g/mol. The summed E-state index contributed by atoms with van der Waals surface area (Å²) < 4.78 is 31.4. The van der Waals surface area contributed by atoms with E-state index in [1.165, 1.54) is 26.2 Å². The van der Waals surface area contributed by atoms with Gasteiger partial charge in [0.15, 0.2) is 0 Å². The van der Waals surface area contributed by atoms with Crippen LogP contribution < -0.4 is 10.0 Å². The first-order chi connectivity index (χ1) is 9.90. The predicted octanol–water partition coefficient (Wildman–Crippen LogP) is 1.01. The van der Waals surface area contributed by atoms with E-state index in [9.17, 15) is 13.2 Å². The minimum atomic E-state index is -3.72. The first kappa shape index (κ1) is 18.1. The molecule has 1 aromatic carbocycles. The molecule has 6 nitrogen and oxygen atoms in total. The Morgan fingerprint density at radius 3 is 2.48 bits per heavy atom. The zero-order chi connectivity index (χ0) is 15.9. The number of benzene rings is 1. The van der Waals surface area contributed by atoms with Crippen molar-refractivity contribution >= 4 is 31.9 Å². The van der Waals surface area contributed by atoms with Gasteiger partial charge in [-0.25, -0.2) is 8.42 Å². The first-order valence-electron chi connectivity index (χ1n) is 6.34. The number of amides is 1. The maximum absolute atomic E-state index is 12.1. The number of hydrogen-bond acceptors (Lipinski definition) is 4. The van der Waals surface area contributed by atoms with Crippen molar-refractivity contribution in [1.29, 1.82) is 0 Å². The van der Waals surface area contributed by atoms with Crippen LogP contribution in [0.4, 0.5) is 0 Å². The Morgan fingerprint density at radius 1 is 1.33 bits per heavy atom. The van der Waals surface area contributed by atoms with E-state index in [4.69, 9.17) is 4.74 Å². The molecule has 0 bridgehead atoms. The highest BCUT2D eigenvalue weighted by Crippen LogP contribution is 2.12. The molecule has 21 heavy (non-hydrogen) atoms. The van der Waals surface area contributed by atoms with Gasteiger partial charge in [0.05, 0.1) is 17.5 Å². The maximum Gasteiger partial charge on any atom is 0.241 e. The zero-order valence-electron chi connectivity index (χ0n) is 11.9. The number of rotatable bonds is 8. The Hall–Kier alpha value is -0.960. The molecule has 0 radical (unpaired) electrons. The summed E-state index contributed by atoms with van der Waals surface area (Å²) in [4.78, 5) is 11.9. The minimum Gasteiger partial charge on any atom is -0.383 e. The van der Waals surface area contributed by atoms with E-state index in [1.54, 1.807) is 12.1 Å². The number of hydrogen-bond donors (Lipinski definition) is 2. The smallest absolute Gasteiger partial charge is 0.241 e. The molecule has 1 atom stereocenters. The second-order valence-electron chi connectivity index (χ2n) is 4.40. The molecule has 118 valence electrons. The van der Waals surface area contributed by atoms with Crippen molar-refractivity contribution in [2.24, 2.45) is 0 Å². The molecule has 0 saturated carbocycles. The van der Waals surface area contributed by atoms with E-state index in [2.05, 4.69) is 26.0 Å². The third-order valence-electron chi connectivity index (χ3n) is 2.72. The molecule has 1 aromatic rings. The van der Waals surface area contributed by atoms with Gasteiger partial charge in [-0.05, 0) is 24.6 Å². The molecule has 1 rings (SSSR count). The number of carbonyl (C=O) groups is 1. The van der Waals surface area contributed by atoms with Gasteiger partial charge in [-0.15, -0.1) is 0 Å². The number of carbonyl (C=O) groups excluding carboxylic acids is 1. The van der Waals surface area contributed by atoms with Gasteiger partial charge in [-0.2, -0.15) is 4.72 Å². The Morgan fingerprint density at radius 2 is 1.95 bits per heavy atom. The van der Waals surface area contributed by atoms with Crippen LogP contribution in [0, 0.1) is 0 Å². The van der Waals surface area contributed by atoms with Crippen molar-refractivity contribution in [1.82, 2.24) is 10.0 Å². The molecule has 1 unspecified atom stereocenters. The third kappa shape index (κ3) is 5.74. The van der Waals surface area contributed by atoms with Crippen molar-refractivity contribution < 1.29 is 17.9 Å². The Labute approximate surface area is 133 Å². The number of alkyl halides is 1. The normalized spacial score (nSPS) is 12.9. The Bertz CT molecular complexity index is 560. The lowest BCUT2D eigenvalue weighted by atomic mass is 10.2. The van der Waals surface area contributed by atoms with Crippen LogP contribution in [-0.2, 0) is 24.9 Å². The lowest BCUT2D eigenvalue weighted by Crippen LogP contribution is -2.45. The van der Waals surface area contributed by atoms with E-state index in [0.717, 1.165) is 5.56 Å². The molecule has 2 N–H and O–H groups in total. The number of halogens is 1. The lowest BCUT2D eigenvalue weighted by Gasteiger charge is -2.14. The highest BCUT2D eigenvalue weighted by Gasteiger charge is 2.21. The minimum absolute atomic E-state index is 0.128. The van der Waals surface area contributed by atoms with Crippen LogP contribution in [-0.4, -0.2) is 40.6 Å². The van der Waals surface area contributed by atoms with Crippen LogP contribution in [0.3, 0.4) is 0 Å². The average Bonchev–Trinajstić information content (AvgIpc) is 2.47. The predicted molar refractivity (Wildman–Crippen MR) is 83.7 cm³/mol. The van der Waals surface area contributed by atoms with Crippen LogP contribution in [0.15, 0.2) is 29.2 Å². The SMILES string of the molecule is COCCNC(=O)C(C)NS(=O)(=O)c1ccc(CBr)cc1. The summed E-state index contributed by atoms with van der Waals surface area (Å²) in [6, 6.07) is 5.59. The van der Waals surface area contributed by atoms with Crippen molar-refractivity contribution in [2.75, 3.05) is 20.3 Å². The van der Waals surface area contributed by atoms with E-state index < -0.39 is 22.0 Å². The van der Waals surface area contributed by atoms with Gasteiger partial charge in [0, 0.05) is 19.0 Å². The molecule has 0 heterocycles.